The van der Waals surface area contributed by atoms with Crippen molar-refractivity contribution in [3.8, 4) is 5.69 Å². The van der Waals surface area contributed by atoms with Gasteiger partial charge >= 0.3 is 0 Å². The van der Waals surface area contributed by atoms with E-state index in [-0.39, 0.29) is 0 Å². The highest BCUT2D eigenvalue weighted by atomic mass is 79.9. The molecule has 0 aliphatic carbocycles. The first-order chi connectivity index (χ1) is 8.66. The zero-order valence-electron chi connectivity index (χ0n) is 10.1. The van der Waals surface area contributed by atoms with Gasteiger partial charge in [0, 0.05) is 16.5 Å². The number of aromatic nitrogens is 2. The number of ether oxygens (including phenoxy) is 1. The van der Waals surface area contributed by atoms with E-state index in [9.17, 15) is 0 Å². The third kappa shape index (κ3) is 1.83. The Morgan fingerprint density at radius 2 is 2.28 bits per heavy atom. The zero-order chi connectivity index (χ0) is 12.7. The minimum absolute atomic E-state index is 0.560. The van der Waals surface area contributed by atoms with Crippen LogP contribution in [0.3, 0.4) is 0 Å². The molecule has 2 N–H and O–H groups in total. The van der Waals surface area contributed by atoms with Crippen molar-refractivity contribution in [1.29, 1.82) is 0 Å². The largest absolute Gasteiger partial charge is 0.382 e. The van der Waals surface area contributed by atoms with Gasteiger partial charge in [-0.05, 0) is 40.5 Å². The summed E-state index contributed by atoms with van der Waals surface area (Å²) in [5.41, 5.74) is 10.4. The first-order valence-electron chi connectivity index (χ1n) is 5.87. The molecule has 1 aliphatic heterocycles. The predicted octanol–water partition coefficient (Wildman–Crippen LogP) is 2.60. The Balaban J connectivity index is 2.20. The Labute approximate surface area is 114 Å². The molecular weight excluding hydrogens is 294 g/mol. The van der Waals surface area contributed by atoms with Crippen LogP contribution < -0.4 is 5.73 Å². The van der Waals surface area contributed by atoms with Gasteiger partial charge in [0.1, 0.15) is 0 Å². The van der Waals surface area contributed by atoms with Gasteiger partial charge in [0.25, 0.3) is 0 Å². The molecule has 1 aliphatic rings. The molecule has 18 heavy (non-hydrogen) atoms. The maximum absolute atomic E-state index is 5.96. The molecule has 0 unspecified atom stereocenters. The van der Waals surface area contributed by atoms with Gasteiger partial charge in [0.15, 0.2) is 5.82 Å². The molecule has 0 atom stereocenters. The second-order valence-corrected chi connectivity index (χ2v) is 5.33. The Hall–Kier alpha value is -1.33. The molecule has 5 heteroatoms. The summed E-state index contributed by atoms with van der Waals surface area (Å²) in [6.07, 6.45) is 0.847. The summed E-state index contributed by atoms with van der Waals surface area (Å²) in [6, 6.07) is 6.20. The third-order valence-corrected chi connectivity index (χ3v) is 3.85. The van der Waals surface area contributed by atoms with Crippen LogP contribution >= 0.6 is 15.9 Å². The number of hydrogen-bond acceptors (Lipinski definition) is 3. The van der Waals surface area contributed by atoms with Crippen LogP contribution in [-0.2, 0) is 17.8 Å². The Morgan fingerprint density at radius 3 is 3.11 bits per heavy atom. The molecule has 0 amide bonds. The number of nitrogens with two attached hydrogens (primary N) is 1. The highest BCUT2D eigenvalue weighted by molar-refractivity contribution is 9.10. The highest BCUT2D eigenvalue weighted by Gasteiger charge is 2.21. The van der Waals surface area contributed by atoms with Gasteiger partial charge in [-0.15, -0.1) is 0 Å². The molecule has 0 fully saturated rings. The highest BCUT2D eigenvalue weighted by Crippen LogP contribution is 2.29. The van der Waals surface area contributed by atoms with Gasteiger partial charge in [-0.3, -0.25) is 0 Å². The molecule has 0 radical (unpaired) electrons. The van der Waals surface area contributed by atoms with E-state index in [1.165, 1.54) is 5.56 Å². The number of halogens is 1. The van der Waals surface area contributed by atoms with Crippen molar-refractivity contribution in [3.63, 3.8) is 0 Å². The lowest BCUT2D eigenvalue weighted by atomic mass is 10.1. The molecule has 2 heterocycles. The SMILES string of the molecule is Cc1ccc(Br)c(-n2nc(N)c3c2CCOC3)c1. The van der Waals surface area contributed by atoms with E-state index in [2.05, 4.69) is 40.1 Å². The van der Waals surface area contributed by atoms with Crippen LogP contribution in [0.2, 0.25) is 0 Å². The van der Waals surface area contributed by atoms with Gasteiger partial charge in [0.05, 0.1) is 24.6 Å². The molecule has 0 saturated carbocycles. The van der Waals surface area contributed by atoms with Crippen molar-refractivity contribution in [2.75, 3.05) is 12.3 Å². The van der Waals surface area contributed by atoms with Crippen molar-refractivity contribution in [1.82, 2.24) is 9.78 Å². The fourth-order valence-corrected chi connectivity index (χ4v) is 2.66. The number of nitrogens with zero attached hydrogens (tertiary/aromatic N) is 2. The van der Waals surface area contributed by atoms with Crippen LogP contribution in [0.15, 0.2) is 22.7 Å². The molecule has 3 rings (SSSR count). The average molecular weight is 308 g/mol. The summed E-state index contributed by atoms with van der Waals surface area (Å²) in [5, 5.41) is 4.45. The van der Waals surface area contributed by atoms with Crippen molar-refractivity contribution in [3.05, 3.63) is 39.5 Å². The van der Waals surface area contributed by atoms with E-state index < -0.39 is 0 Å². The van der Waals surface area contributed by atoms with Gasteiger partial charge in [0.2, 0.25) is 0 Å². The number of nitrogen functional groups attached to an aromatic ring is 1. The van der Waals surface area contributed by atoms with Crippen LogP contribution in [-0.4, -0.2) is 16.4 Å². The van der Waals surface area contributed by atoms with E-state index in [1.54, 1.807) is 0 Å². The van der Waals surface area contributed by atoms with Gasteiger partial charge in [-0.2, -0.15) is 5.10 Å². The lowest BCUT2D eigenvalue weighted by Gasteiger charge is -2.15. The summed E-state index contributed by atoms with van der Waals surface area (Å²) in [5.74, 6) is 0.568. The first-order valence-corrected chi connectivity index (χ1v) is 6.66. The monoisotopic (exact) mass is 307 g/mol. The van der Waals surface area contributed by atoms with Gasteiger partial charge < -0.3 is 10.5 Å². The minimum atomic E-state index is 0.560. The molecule has 0 saturated heterocycles. The zero-order valence-corrected chi connectivity index (χ0v) is 11.7. The lowest BCUT2D eigenvalue weighted by molar-refractivity contribution is 0.110. The second kappa shape index (κ2) is 4.40. The van der Waals surface area contributed by atoms with E-state index in [1.807, 2.05) is 10.7 Å². The Kier molecular flexibility index (Phi) is 2.87. The van der Waals surface area contributed by atoms with E-state index in [0.29, 0.717) is 12.4 Å². The number of hydrogen-bond donors (Lipinski definition) is 1. The topological polar surface area (TPSA) is 53.1 Å². The van der Waals surface area contributed by atoms with E-state index >= 15 is 0 Å². The quantitative estimate of drug-likeness (QED) is 0.881. The standard InChI is InChI=1S/C13H14BrN3O/c1-8-2-3-10(14)12(6-8)17-11-4-5-18-7-9(11)13(15)16-17/h2-3,6H,4-5,7H2,1H3,(H2,15,16). The Bertz CT molecular complexity index is 607. The van der Waals surface area contributed by atoms with Gasteiger partial charge in [-0.1, -0.05) is 6.07 Å². The van der Waals surface area contributed by atoms with E-state index in [0.717, 1.165) is 34.4 Å². The molecule has 94 valence electrons. The normalized spacial score (nSPS) is 14.6. The van der Waals surface area contributed by atoms with Crippen molar-refractivity contribution in [2.45, 2.75) is 20.0 Å². The summed E-state index contributed by atoms with van der Waals surface area (Å²) in [6.45, 7) is 3.35. The maximum atomic E-state index is 5.96. The van der Waals surface area contributed by atoms with Crippen LogP contribution in [0.1, 0.15) is 16.8 Å². The van der Waals surface area contributed by atoms with Crippen LogP contribution in [0, 0.1) is 6.92 Å². The number of rotatable bonds is 1. The van der Waals surface area contributed by atoms with Gasteiger partial charge in [-0.25, -0.2) is 4.68 Å². The molecule has 1 aromatic heterocycles. The van der Waals surface area contributed by atoms with Crippen molar-refractivity contribution < 1.29 is 4.74 Å². The molecule has 1 aromatic carbocycles. The predicted molar refractivity (Wildman–Crippen MR) is 73.8 cm³/mol. The number of anilines is 1. The lowest BCUT2D eigenvalue weighted by Crippen LogP contribution is -2.13. The summed E-state index contributed by atoms with van der Waals surface area (Å²) < 4.78 is 8.39. The molecule has 0 bridgehead atoms. The van der Waals surface area contributed by atoms with E-state index in [4.69, 9.17) is 10.5 Å². The molecule has 4 nitrogen and oxygen atoms in total. The maximum Gasteiger partial charge on any atom is 0.151 e. The van der Waals surface area contributed by atoms with Crippen molar-refractivity contribution >= 4 is 21.7 Å². The molecule has 0 spiro atoms. The fourth-order valence-electron chi connectivity index (χ4n) is 2.25. The summed E-state index contributed by atoms with van der Waals surface area (Å²) >= 11 is 3.57. The first kappa shape index (κ1) is 11.7. The smallest absolute Gasteiger partial charge is 0.151 e. The van der Waals surface area contributed by atoms with Crippen LogP contribution in [0.5, 0.6) is 0 Å². The third-order valence-electron chi connectivity index (χ3n) is 3.18. The number of aryl methyl sites for hydroxylation is 1. The average Bonchev–Trinajstić information content (AvgIpc) is 2.71. The molecular formula is C13H14BrN3O. The number of fused-ring (bicyclic) bond motifs is 1. The minimum Gasteiger partial charge on any atom is -0.382 e. The molecule has 2 aromatic rings. The van der Waals surface area contributed by atoms with Crippen LogP contribution in [0.4, 0.5) is 5.82 Å². The van der Waals surface area contributed by atoms with Crippen LogP contribution in [0.25, 0.3) is 5.69 Å². The number of benzene rings is 1. The summed E-state index contributed by atoms with van der Waals surface area (Å²) in [4.78, 5) is 0. The summed E-state index contributed by atoms with van der Waals surface area (Å²) in [7, 11) is 0. The van der Waals surface area contributed by atoms with Crippen molar-refractivity contribution in [2.24, 2.45) is 0 Å². The Morgan fingerprint density at radius 1 is 1.44 bits per heavy atom. The second-order valence-electron chi connectivity index (χ2n) is 4.48. The fraction of sp³-hybridized carbons (Fsp3) is 0.308.